The third-order valence-corrected chi connectivity index (χ3v) is 7.03. The summed E-state index contributed by atoms with van der Waals surface area (Å²) in [5.74, 6) is 0.534. The van der Waals surface area contributed by atoms with Crippen molar-refractivity contribution in [3.63, 3.8) is 0 Å². The highest BCUT2D eigenvalue weighted by Crippen LogP contribution is 2.39. The zero-order valence-corrected chi connectivity index (χ0v) is 22.3. The predicted octanol–water partition coefficient (Wildman–Crippen LogP) is 6.32. The molecule has 3 aromatic rings. The minimum Gasteiger partial charge on any atom is -0.493 e. The van der Waals surface area contributed by atoms with Crippen molar-refractivity contribution in [2.24, 2.45) is 0 Å². The van der Waals surface area contributed by atoms with Gasteiger partial charge in [0, 0.05) is 10.7 Å². The van der Waals surface area contributed by atoms with Crippen LogP contribution in [-0.4, -0.2) is 34.8 Å². The van der Waals surface area contributed by atoms with Gasteiger partial charge in [-0.3, -0.25) is 14.5 Å². The van der Waals surface area contributed by atoms with Crippen LogP contribution in [0, 0.1) is 6.92 Å². The van der Waals surface area contributed by atoms with Crippen LogP contribution in [0.15, 0.2) is 58.1 Å². The molecule has 1 fully saturated rings. The van der Waals surface area contributed by atoms with Gasteiger partial charge in [0.2, 0.25) is 0 Å². The van der Waals surface area contributed by atoms with Gasteiger partial charge in [-0.05, 0) is 60.5 Å². The van der Waals surface area contributed by atoms with Crippen molar-refractivity contribution >= 4 is 75.1 Å². The highest BCUT2D eigenvalue weighted by atomic mass is 35.5. The number of carbonyl (C=O) groups is 2. The Balaban J connectivity index is 1.47. The van der Waals surface area contributed by atoms with E-state index in [1.807, 2.05) is 13.0 Å². The highest BCUT2D eigenvalue weighted by molar-refractivity contribution is 8.26. The molecule has 1 aliphatic rings. The number of rotatable bonds is 8. The van der Waals surface area contributed by atoms with E-state index < -0.39 is 0 Å². The van der Waals surface area contributed by atoms with Gasteiger partial charge in [-0.25, -0.2) is 0 Å². The number of aryl methyl sites for hydroxylation is 1. The number of methoxy groups -OCH3 is 1. The summed E-state index contributed by atoms with van der Waals surface area (Å²) in [7, 11) is 1.46. The molecule has 186 valence electrons. The number of thioether (sulfide) groups is 1. The monoisotopic (exact) mass is 562 g/mol. The van der Waals surface area contributed by atoms with Gasteiger partial charge in [-0.2, -0.15) is 0 Å². The molecule has 0 unspecified atom stereocenters. The van der Waals surface area contributed by atoms with Crippen molar-refractivity contribution < 1.29 is 23.5 Å². The average Bonchev–Trinajstić information content (AvgIpc) is 3.44. The minimum absolute atomic E-state index is 0.208. The normalized spacial score (nSPS) is 14.4. The zero-order chi connectivity index (χ0) is 25.8. The Morgan fingerprint density at radius 3 is 2.78 bits per heavy atom. The number of hydrogen-bond acceptors (Lipinski definition) is 7. The molecule has 0 spiro atoms. The predicted molar refractivity (Wildman–Crippen MR) is 146 cm³/mol. The largest absolute Gasteiger partial charge is 0.493 e. The summed E-state index contributed by atoms with van der Waals surface area (Å²) in [5.41, 5.74) is 2.07. The second-order valence-corrected chi connectivity index (χ2v) is 10.2. The van der Waals surface area contributed by atoms with E-state index in [9.17, 15) is 9.59 Å². The molecule has 36 heavy (non-hydrogen) atoms. The molecule has 11 heteroatoms. The molecule has 0 bridgehead atoms. The smallest absolute Gasteiger partial charge is 0.266 e. The Bertz CT molecular complexity index is 1360. The molecule has 1 saturated heterocycles. The van der Waals surface area contributed by atoms with E-state index in [2.05, 4.69) is 5.32 Å². The van der Waals surface area contributed by atoms with Gasteiger partial charge in [0.25, 0.3) is 11.8 Å². The molecule has 2 amide bonds. The number of nitrogens with zero attached hydrogens (tertiary/aromatic N) is 1. The maximum Gasteiger partial charge on any atom is 0.266 e. The van der Waals surface area contributed by atoms with E-state index in [4.69, 9.17) is 49.3 Å². The van der Waals surface area contributed by atoms with Crippen LogP contribution >= 0.6 is 47.2 Å². The fraction of sp³-hybridized carbons (Fsp3) is 0.160. The van der Waals surface area contributed by atoms with Gasteiger partial charge < -0.3 is 19.2 Å². The Kier molecular flexibility index (Phi) is 8.25. The van der Waals surface area contributed by atoms with E-state index >= 15 is 0 Å². The maximum atomic E-state index is 12.9. The summed E-state index contributed by atoms with van der Waals surface area (Å²) in [4.78, 5) is 27.2. The summed E-state index contributed by atoms with van der Waals surface area (Å²) in [6.07, 6.45) is 3.22. The number of nitrogens with one attached hydrogen (secondary N) is 1. The molecule has 1 N–H and O–H groups in total. The topological polar surface area (TPSA) is 81.0 Å². The third kappa shape index (κ3) is 6.04. The molecule has 7 nitrogen and oxygen atoms in total. The van der Waals surface area contributed by atoms with Crippen molar-refractivity contribution in [2.45, 2.75) is 13.5 Å². The molecule has 1 aromatic heterocycles. The van der Waals surface area contributed by atoms with Gasteiger partial charge >= 0.3 is 0 Å². The summed E-state index contributed by atoms with van der Waals surface area (Å²) >= 11 is 19.0. The maximum absolute atomic E-state index is 12.9. The first kappa shape index (κ1) is 26.1. The van der Waals surface area contributed by atoms with Crippen LogP contribution in [0.25, 0.3) is 6.08 Å². The zero-order valence-electron chi connectivity index (χ0n) is 19.2. The second kappa shape index (κ2) is 11.4. The molecule has 0 aliphatic carbocycles. The molecular weight excluding hydrogens is 543 g/mol. The standard InChI is InChI=1S/C25H20Cl2N2O5S2/c1-14-5-6-16(26)11-19(14)28-22(30)13-34-23-18(27)8-15(9-20(23)32-2)10-21-24(31)29(25(35)36-21)12-17-4-3-7-33-17/h3-11H,12-13H2,1-2H3,(H,28,30)/b21-10-. The summed E-state index contributed by atoms with van der Waals surface area (Å²) in [6.45, 7) is 1.81. The van der Waals surface area contributed by atoms with Crippen LogP contribution < -0.4 is 14.8 Å². The molecule has 0 saturated carbocycles. The lowest BCUT2D eigenvalue weighted by atomic mass is 10.1. The van der Waals surface area contributed by atoms with Gasteiger partial charge in [0.1, 0.15) is 10.1 Å². The van der Waals surface area contributed by atoms with Crippen LogP contribution in [0.2, 0.25) is 10.0 Å². The molecule has 2 heterocycles. The molecule has 4 rings (SSSR count). The first-order chi connectivity index (χ1) is 17.2. The lowest BCUT2D eigenvalue weighted by molar-refractivity contribution is -0.122. The lowest BCUT2D eigenvalue weighted by Gasteiger charge is -2.14. The summed E-state index contributed by atoms with van der Waals surface area (Å²) < 4.78 is 16.9. The van der Waals surface area contributed by atoms with Crippen LogP contribution in [-0.2, 0) is 16.1 Å². The number of benzene rings is 2. The highest BCUT2D eigenvalue weighted by Gasteiger charge is 2.32. The molecule has 1 aliphatic heterocycles. The van der Waals surface area contributed by atoms with Gasteiger partial charge in [0.15, 0.2) is 18.1 Å². The van der Waals surface area contributed by atoms with Gasteiger partial charge in [0.05, 0.1) is 29.8 Å². The number of ether oxygens (including phenoxy) is 2. The van der Waals surface area contributed by atoms with E-state index in [0.29, 0.717) is 37.0 Å². The molecule has 0 atom stereocenters. The summed E-state index contributed by atoms with van der Waals surface area (Å²) in [6, 6.07) is 12.0. The van der Waals surface area contributed by atoms with Crippen molar-refractivity contribution in [1.82, 2.24) is 4.90 Å². The summed E-state index contributed by atoms with van der Waals surface area (Å²) in [5, 5.41) is 3.49. The van der Waals surface area contributed by atoms with Crippen LogP contribution in [0.1, 0.15) is 16.9 Å². The van der Waals surface area contributed by atoms with Crippen LogP contribution in [0.5, 0.6) is 11.5 Å². The molecular formula is C25H20Cl2N2O5S2. The van der Waals surface area contributed by atoms with E-state index in [1.165, 1.54) is 23.8 Å². The number of carbonyl (C=O) groups excluding carboxylic acids is 2. The van der Waals surface area contributed by atoms with E-state index in [1.54, 1.807) is 48.7 Å². The van der Waals surface area contributed by atoms with Crippen molar-refractivity contribution in [1.29, 1.82) is 0 Å². The molecule has 0 radical (unpaired) electrons. The first-order valence-corrected chi connectivity index (χ1v) is 12.6. The van der Waals surface area contributed by atoms with Crippen molar-refractivity contribution in [3.8, 4) is 11.5 Å². The fourth-order valence-corrected chi connectivity index (χ4v) is 5.06. The lowest BCUT2D eigenvalue weighted by Crippen LogP contribution is -2.27. The van der Waals surface area contributed by atoms with Crippen molar-refractivity contribution in [2.75, 3.05) is 19.0 Å². The quantitative estimate of drug-likeness (QED) is 0.254. The SMILES string of the molecule is COc1cc(/C=C2\SC(=S)N(Cc3ccco3)C2=O)cc(Cl)c1OCC(=O)Nc1cc(Cl)ccc1C. The fourth-order valence-electron chi connectivity index (χ4n) is 3.36. The number of amides is 2. The third-order valence-electron chi connectivity index (χ3n) is 5.14. The van der Waals surface area contributed by atoms with Gasteiger partial charge in [-0.15, -0.1) is 0 Å². The number of halogens is 2. The number of furan rings is 1. The number of thiocarbonyl (C=S) groups is 1. The second-order valence-electron chi connectivity index (χ2n) is 7.68. The van der Waals surface area contributed by atoms with E-state index in [-0.39, 0.29) is 35.7 Å². The number of anilines is 1. The average molecular weight is 563 g/mol. The Morgan fingerprint density at radius 2 is 2.06 bits per heavy atom. The Hall–Kier alpha value is -2.98. The molecule has 2 aromatic carbocycles. The minimum atomic E-state index is -0.386. The Morgan fingerprint density at radius 1 is 1.25 bits per heavy atom. The van der Waals surface area contributed by atoms with Gasteiger partial charge in [-0.1, -0.05) is 53.2 Å². The van der Waals surface area contributed by atoms with Crippen LogP contribution in [0.3, 0.4) is 0 Å². The first-order valence-electron chi connectivity index (χ1n) is 10.6. The number of hydrogen-bond donors (Lipinski definition) is 1. The Labute approximate surface area is 227 Å². The van der Waals surface area contributed by atoms with Crippen LogP contribution in [0.4, 0.5) is 5.69 Å². The van der Waals surface area contributed by atoms with Crippen molar-refractivity contribution in [3.05, 3.63) is 80.6 Å². The van der Waals surface area contributed by atoms with E-state index in [0.717, 1.165) is 5.56 Å².